The fourth-order valence-electron chi connectivity index (χ4n) is 3.18. The molecule has 2 unspecified atom stereocenters. The van der Waals surface area contributed by atoms with Crippen LogP contribution in [0.25, 0.3) is 10.9 Å². The maximum absolute atomic E-state index is 12.6. The number of piperidine rings is 1. The molecule has 1 aliphatic rings. The van der Waals surface area contributed by atoms with E-state index in [0.717, 1.165) is 30.6 Å². The molecule has 0 bridgehead atoms. The van der Waals surface area contributed by atoms with Crippen LogP contribution in [0.5, 0.6) is 0 Å². The summed E-state index contributed by atoms with van der Waals surface area (Å²) in [6.45, 7) is 3.16. The first-order valence-corrected chi connectivity index (χ1v) is 7.79. The molecule has 1 amide bonds. The van der Waals surface area contributed by atoms with Crippen LogP contribution in [0.15, 0.2) is 30.3 Å². The van der Waals surface area contributed by atoms with Gasteiger partial charge in [0.05, 0.1) is 6.04 Å². The summed E-state index contributed by atoms with van der Waals surface area (Å²) in [7, 11) is 0. The Balaban J connectivity index is 0.00000176. The van der Waals surface area contributed by atoms with Gasteiger partial charge in [-0.25, -0.2) is 0 Å². The molecule has 5 heteroatoms. The minimum Gasteiger partial charge on any atom is -0.357 e. The van der Waals surface area contributed by atoms with E-state index >= 15 is 0 Å². The SMILES string of the molecule is CC(CN)C(=O)N1CCCCC1c1cc2ccccc2[nH]1.Cl. The number of hydrogen-bond donors (Lipinski definition) is 2. The van der Waals surface area contributed by atoms with Gasteiger partial charge in [-0.3, -0.25) is 4.79 Å². The van der Waals surface area contributed by atoms with Crippen molar-refractivity contribution in [1.29, 1.82) is 0 Å². The lowest BCUT2D eigenvalue weighted by Crippen LogP contribution is -2.43. The van der Waals surface area contributed by atoms with E-state index in [1.54, 1.807) is 0 Å². The fourth-order valence-corrected chi connectivity index (χ4v) is 3.18. The Bertz CT molecular complexity index is 607. The summed E-state index contributed by atoms with van der Waals surface area (Å²) in [6.07, 6.45) is 3.27. The number of hydrogen-bond acceptors (Lipinski definition) is 2. The number of rotatable bonds is 3. The predicted octanol–water partition coefficient (Wildman–Crippen LogP) is 3.24. The average Bonchev–Trinajstić information content (AvgIpc) is 2.97. The van der Waals surface area contributed by atoms with Crippen molar-refractivity contribution in [2.45, 2.75) is 32.2 Å². The van der Waals surface area contributed by atoms with Crippen LogP contribution in [-0.4, -0.2) is 28.9 Å². The van der Waals surface area contributed by atoms with Crippen LogP contribution in [0.2, 0.25) is 0 Å². The number of benzene rings is 1. The van der Waals surface area contributed by atoms with E-state index in [1.807, 2.05) is 24.0 Å². The lowest BCUT2D eigenvalue weighted by atomic mass is 9.97. The Labute approximate surface area is 137 Å². The van der Waals surface area contributed by atoms with Gasteiger partial charge in [-0.1, -0.05) is 25.1 Å². The molecule has 0 radical (unpaired) electrons. The molecule has 1 aromatic heterocycles. The van der Waals surface area contributed by atoms with Gasteiger partial charge in [-0.2, -0.15) is 0 Å². The molecule has 3 N–H and O–H groups in total. The maximum atomic E-state index is 12.6. The number of carbonyl (C=O) groups excluding carboxylic acids is 1. The number of nitrogens with zero attached hydrogens (tertiary/aromatic N) is 1. The van der Waals surface area contributed by atoms with Crippen molar-refractivity contribution in [3.05, 3.63) is 36.0 Å². The van der Waals surface area contributed by atoms with Crippen molar-refractivity contribution in [2.75, 3.05) is 13.1 Å². The van der Waals surface area contributed by atoms with Crippen LogP contribution >= 0.6 is 12.4 Å². The third kappa shape index (κ3) is 3.13. The Kier molecular flexibility index (Phi) is 5.48. The second-order valence-corrected chi connectivity index (χ2v) is 5.99. The molecule has 1 fully saturated rings. The number of aromatic nitrogens is 1. The number of amides is 1. The first-order chi connectivity index (χ1) is 10.2. The smallest absolute Gasteiger partial charge is 0.227 e. The topological polar surface area (TPSA) is 62.1 Å². The molecule has 0 aliphatic carbocycles. The van der Waals surface area contributed by atoms with Gasteiger partial charge in [0.2, 0.25) is 5.91 Å². The highest BCUT2D eigenvalue weighted by Gasteiger charge is 2.30. The van der Waals surface area contributed by atoms with Gasteiger partial charge in [0.25, 0.3) is 0 Å². The molecule has 2 aromatic rings. The Morgan fingerprint density at radius 2 is 2.18 bits per heavy atom. The summed E-state index contributed by atoms with van der Waals surface area (Å²) in [5, 5.41) is 1.21. The minimum atomic E-state index is -0.102. The summed E-state index contributed by atoms with van der Waals surface area (Å²) >= 11 is 0. The van der Waals surface area contributed by atoms with Gasteiger partial charge in [0.1, 0.15) is 0 Å². The van der Waals surface area contributed by atoms with Crippen molar-refractivity contribution in [1.82, 2.24) is 9.88 Å². The normalized spacial score (nSPS) is 19.7. The van der Waals surface area contributed by atoms with Gasteiger partial charge in [-0.15, -0.1) is 12.4 Å². The second-order valence-electron chi connectivity index (χ2n) is 5.99. The number of nitrogens with one attached hydrogen (secondary N) is 1. The molecule has 1 saturated heterocycles. The third-order valence-electron chi connectivity index (χ3n) is 4.47. The number of para-hydroxylation sites is 1. The Hall–Kier alpha value is -1.52. The van der Waals surface area contributed by atoms with Gasteiger partial charge in [0.15, 0.2) is 0 Å². The molecule has 2 heterocycles. The fraction of sp³-hybridized carbons (Fsp3) is 0.471. The van der Waals surface area contributed by atoms with Gasteiger partial charge in [0, 0.05) is 30.2 Å². The number of H-pyrrole nitrogens is 1. The Morgan fingerprint density at radius 3 is 2.91 bits per heavy atom. The first kappa shape index (κ1) is 16.8. The highest BCUT2D eigenvalue weighted by atomic mass is 35.5. The molecule has 1 aliphatic heterocycles. The van der Waals surface area contributed by atoms with Crippen LogP contribution in [-0.2, 0) is 4.79 Å². The van der Waals surface area contributed by atoms with Crippen LogP contribution in [0.3, 0.4) is 0 Å². The highest BCUT2D eigenvalue weighted by molar-refractivity contribution is 5.85. The van der Waals surface area contributed by atoms with Gasteiger partial charge in [-0.05, 0) is 36.8 Å². The minimum absolute atomic E-state index is 0. The largest absolute Gasteiger partial charge is 0.357 e. The molecule has 2 atom stereocenters. The van der Waals surface area contributed by atoms with Gasteiger partial charge < -0.3 is 15.6 Å². The first-order valence-electron chi connectivity index (χ1n) is 7.79. The predicted molar refractivity (Wildman–Crippen MR) is 92.1 cm³/mol. The molecule has 4 nitrogen and oxygen atoms in total. The lowest BCUT2D eigenvalue weighted by molar-refractivity contribution is -0.138. The van der Waals surface area contributed by atoms with Crippen molar-refractivity contribution in [2.24, 2.45) is 11.7 Å². The van der Waals surface area contributed by atoms with Crippen molar-refractivity contribution in [3.63, 3.8) is 0 Å². The molecule has 0 saturated carbocycles. The second kappa shape index (κ2) is 7.16. The molecule has 0 spiro atoms. The van der Waals surface area contributed by atoms with E-state index in [0.29, 0.717) is 6.54 Å². The summed E-state index contributed by atoms with van der Waals surface area (Å²) < 4.78 is 0. The number of halogens is 1. The van der Waals surface area contributed by atoms with E-state index in [4.69, 9.17) is 5.73 Å². The zero-order chi connectivity index (χ0) is 14.8. The average molecular weight is 322 g/mol. The number of carbonyl (C=O) groups is 1. The number of likely N-dealkylation sites (tertiary alicyclic amines) is 1. The van der Waals surface area contributed by atoms with E-state index in [9.17, 15) is 4.79 Å². The zero-order valence-corrected chi connectivity index (χ0v) is 13.7. The van der Waals surface area contributed by atoms with Crippen molar-refractivity contribution >= 4 is 29.2 Å². The van der Waals surface area contributed by atoms with Crippen LogP contribution in [0.4, 0.5) is 0 Å². The monoisotopic (exact) mass is 321 g/mol. The van der Waals surface area contributed by atoms with Crippen molar-refractivity contribution in [3.8, 4) is 0 Å². The molecule has 3 rings (SSSR count). The Morgan fingerprint density at radius 1 is 1.41 bits per heavy atom. The number of nitrogens with two attached hydrogens (primary N) is 1. The van der Waals surface area contributed by atoms with E-state index in [1.165, 1.54) is 11.8 Å². The summed E-state index contributed by atoms with van der Waals surface area (Å²) in [6, 6.07) is 10.6. The molecule has 22 heavy (non-hydrogen) atoms. The molecular formula is C17H24ClN3O. The zero-order valence-electron chi connectivity index (χ0n) is 12.9. The maximum Gasteiger partial charge on any atom is 0.227 e. The summed E-state index contributed by atoms with van der Waals surface area (Å²) in [5.74, 6) is 0.0795. The quantitative estimate of drug-likeness (QED) is 0.911. The van der Waals surface area contributed by atoms with E-state index in [-0.39, 0.29) is 30.3 Å². The highest BCUT2D eigenvalue weighted by Crippen LogP contribution is 2.33. The third-order valence-corrected chi connectivity index (χ3v) is 4.47. The van der Waals surface area contributed by atoms with Gasteiger partial charge >= 0.3 is 0 Å². The molecule has 120 valence electrons. The summed E-state index contributed by atoms with van der Waals surface area (Å²) in [4.78, 5) is 18.1. The van der Waals surface area contributed by atoms with Crippen molar-refractivity contribution < 1.29 is 4.79 Å². The molecular weight excluding hydrogens is 298 g/mol. The van der Waals surface area contributed by atoms with E-state index < -0.39 is 0 Å². The van der Waals surface area contributed by atoms with Crippen LogP contribution in [0.1, 0.15) is 37.9 Å². The van der Waals surface area contributed by atoms with Crippen LogP contribution < -0.4 is 5.73 Å². The number of fused-ring (bicyclic) bond motifs is 1. The lowest BCUT2D eigenvalue weighted by Gasteiger charge is -2.36. The van der Waals surface area contributed by atoms with Crippen LogP contribution in [0, 0.1) is 5.92 Å². The standard InChI is InChI=1S/C17H23N3O.ClH/c1-12(11-18)17(21)20-9-5-4-8-16(20)15-10-13-6-2-3-7-14(13)19-15;/h2-3,6-7,10,12,16,19H,4-5,8-9,11,18H2,1H3;1H. The summed E-state index contributed by atoms with van der Waals surface area (Å²) in [5.41, 5.74) is 7.95. The van der Waals surface area contributed by atoms with E-state index in [2.05, 4.69) is 23.2 Å². The molecule has 1 aromatic carbocycles. The number of aromatic amines is 1.